The van der Waals surface area contributed by atoms with Gasteiger partial charge in [0.1, 0.15) is 11.8 Å². The van der Waals surface area contributed by atoms with Gasteiger partial charge in [-0.2, -0.15) is 15.2 Å². The number of aliphatic imine (C=N–C) groups is 2. The molecule has 0 atom stereocenters. The number of allylic oxidation sites excluding steroid dienone is 1. The van der Waals surface area contributed by atoms with Crippen molar-refractivity contribution < 1.29 is 4.39 Å². The quantitative estimate of drug-likeness (QED) is 0.594. The minimum Gasteiger partial charge on any atom is -0.207 e. The lowest BCUT2D eigenvalue weighted by Gasteiger charge is -1.96. The zero-order chi connectivity index (χ0) is 14.2. The molecule has 0 N–H and O–H groups in total. The fourth-order valence-corrected chi connectivity index (χ4v) is 1.51. The molecule has 0 aliphatic heterocycles. The maximum atomic E-state index is 12.7. The molecule has 20 heavy (non-hydrogen) atoms. The molecule has 0 bridgehead atoms. The molecule has 0 heterocycles. The topological polar surface area (TPSA) is 48.5 Å². The Morgan fingerprint density at radius 2 is 1.75 bits per heavy atom. The standard InChI is InChI=1S/C16H10FN3/c17-14-7-9-15(10-8-14)19-12-20-16-6-2-1-4-13(16)5-3-11-18/h1-10H/b5-3+. The van der Waals surface area contributed by atoms with Crippen LogP contribution in [0.15, 0.2) is 64.6 Å². The van der Waals surface area contributed by atoms with Crippen molar-refractivity contribution >= 4 is 23.5 Å². The molecule has 96 valence electrons. The predicted octanol–water partition coefficient (Wildman–Crippen LogP) is 4.50. The summed E-state index contributed by atoms with van der Waals surface area (Å²) in [5.74, 6) is -0.312. The number of rotatable bonds is 3. The molecule has 0 spiro atoms. The first-order valence-electron chi connectivity index (χ1n) is 5.87. The molecule has 0 aliphatic rings. The van der Waals surface area contributed by atoms with Crippen LogP contribution in [0.2, 0.25) is 0 Å². The normalized spacial score (nSPS) is 9.80. The van der Waals surface area contributed by atoms with Crippen molar-refractivity contribution in [3.63, 3.8) is 0 Å². The van der Waals surface area contributed by atoms with Crippen molar-refractivity contribution in [2.45, 2.75) is 0 Å². The van der Waals surface area contributed by atoms with Gasteiger partial charge in [-0.1, -0.05) is 18.2 Å². The first-order chi connectivity index (χ1) is 9.79. The number of hydrogen-bond acceptors (Lipinski definition) is 3. The molecule has 2 rings (SSSR count). The van der Waals surface area contributed by atoms with Gasteiger partial charge in [-0.15, -0.1) is 0 Å². The Labute approximate surface area is 116 Å². The molecule has 2 aromatic carbocycles. The number of benzene rings is 2. The Morgan fingerprint density at radius 1 is 1.00 bits per heavy atom. The first kappa shape index (κ1) is 13.4. The molecule has 0 fully saturated rings. The van der Waals surface area contributed by atoms with Crippen molar-refractivity contribution in [2.24, 2.45) is 9.98 Å². The fourth-order valence-electron chi connectivity index (χ4n) is 1.51. The summed E-state index contributed by atoms with van der Waals surface area (Å²) in [5.41, 5.74) is 2.03. The smallest absolute Gasteiger partial charge is 0.123 e. The van der Waals surface area contributed by atoms with E-state index in [4.69, 9.17) is 5.26 Å². The molecule has 0 saturated heterocycles. The van der Waals surface area contributed by atoms with Crippen LogP contribution in [0.1, 0.15) is 5.56 Å². The highest BCUT2D eigenvalue weighted by Gasteiger charge is 1.94. The molecule has 0 radical (unpaired) electrons. The van der Waals surface area contributed by atoms with Gasteiger partial charge in [0.15, 0.2) is 0 Å². The van der Waals surface area contributed by atoms with Gasteiger partial charge in [0, 0.05) is 11.6 Å². The van der Waals surface area contributed by atoms with E-state index in [9.17, 15) is 4.39 Å². The summed E-state index contributed by atoms with van der Waals surface area (Å²) in [4.78, 5) is 8.10. The molecular formula is C16H10FN3. The van der Waals surface area contributed by atoms with Gasteiger partial charge in [0.25, 0.3) is 0 Å². The SMILES string of the molecule is N#C/C=C/c1ccccc1N=C=Nc1ccc(F)cc1. The third-order valence-corrected chi connectivity index (χ3v) is 2.45. The second-order valence-corrected chi connectivity index (χ2v) is 3.82. The first-order valence-corrected chi connectivity index (χ1v) is 5.87. The van der Waals surface area contributed by atoms with Crippen LogP contribution in [0, 0.1) is 17.1 Å². The van der Waals surface area contributed by atoms with E-state index in [0.717, 1.165) is 5.56 Å². The van der Waals surface area contributed by atoms with Crippen molar-refractivity contribution in [3.8, 4) is 6.07 Å². The average Bonchev–Trinajstić information content (AvgIpc) is 2.48. The second-order valence-electron chi connectivity index (χ2n) is 3.82. The summed E-state index contributed by atoms with van der Waals surface area (Å²) in [5, 5.41) is 8.53. The van der Waals surface area contributed by atoms with E-state index in [-0.39, 0.29) is 5.82 Å². The van der Waals surface area contributed by atoms with E-state index in [0.29, 0.717) is 11.4 Å². The van der Waals surface area contributed by atoms with Crippen molar-refractivity contribution in [3.05, 3.63) is 66.0 Å². The van der Waals surface area contributed by atoms with E-state index < -0.39 is 0 Å². The molecule has 0 unspecified atom stereocenters. The molecule has 4 heteroatoms. The van der Waals surface area contributed by atoms with Crippen LogP contribution in [0.5, 0.6) is 0 Å². The summed E-state index contributed by atoms with van der Waals surface area (Å²) in [7, 11) is 0. The lowest BCUT2D eigenvalue weighted by Crippen LogP contribution is -1.73. The highest BCUT2D eigenvalue weighted by Crippen LogP contribution is 2.19. The van der Waals surface area contributed by atoms with Crippen LogP contribution >= 0.6 is 0 Å². The minimum absolute atomic E-state index is 0.312. The van der Waals surface area contributed by atoms with Crippen LogP contribution in [-0.4, -0.2) is 6.01 Å². The highest BCUT2D eigenvalue weighted by atomic mass is 19.1. The van der Waals surface area contributed by atoms with Gasteiger partial charge in [0.05, 0.1) is 17.4 Å². The summed E-state index contributed by atoms with van der Waals surface area (Å²) in [6, 6.07) is 17.5. The molecule has 2 aromatic rings. The Balaban J connectivity index is 2.25. The largest absolute Gasteiger partial charge is 0.207 e. The minimum atomic E-state index is -0.312. The summed E-state index contributed by atoms with van der Waals surface area (Å²) in [6.45, 7) is 0. The lowest BCUT2D eigenvalue weighted by atomic mass is 10.2. The fraction of sp³-hybridized carbons (Fsp3) is 0. The van der Waals surface area contributed by atoms with Gasteiger partial charge in [0.2, 0.25) is 0 Å². The lowest BCUT2D eigenvalue weighted by molar-refractivity contribution is 0.628. The van der Waals surface area contributed by atoms with E-state index in [2.05, 4.69) is 16.0 Å². The van der Waals surface area contributed by atoms with Crippen LogP contribution in [0.4, 0.5) is 15.8 Å². The average molecular weight is 263 g/mol. The van der Waals surface area contributed by atoms with Crippen LogP contribution < -0.4 is 0 Å². The Bertz CT molecular complexity index is 718. The molecule has 0 saturated carbocycles. The maximum Gasteiger partial charge on any atom is 0.123 e. The second kappa shape index (κ2) is 6.79. The van der Waals surface area contributed by atoms with Crippen molar-refractivity contribution in [2.75, 3.05) is 0 Å². The highest BCUT2D eigenvalue weighted by molar-refractivity contribution is 5.68. The van der Waals surface area contributed by atoms with Crippen LogP contribution in [0.3, 0.4) is 0 Å². The number of para-hydroxylation sites is 1. The molecule has 0 amide bonds. The number of halogens is 1. The van der Waals surface area contributed by atoms with Gasteiger partial charge in [-0.05, 0) is 36.4 Å². The van der Waals surface area contributed by atoms with Crippen molar-refractivity contribution in [1.82, 2.24) is 0 Å². The van der Waals surface area contributed by atoms with Gasteiger partial charge >= 0.3 is 0 Å². The summed E-state index contributed by atoms with van der Waals surface area (Å²) in [6.07, 6.45) is 3.05. The summed E-state index contributed by atoms with van der Waals surface area (Å²) < 4.78 is 12.7. The van der Waals surface area contributed by atoms with E-state index in [1.54, 1.807) is 24.3 Å². The molecule has 0 aliphatic carbocycles. The van der Waals surface area contributed by atoms with Gasteiger partial charge < -0.3 is 0 Å². The van der Waals surface area contributed by atoms with Gasteiger partial charge in [-0.25, -0.2) is 4.39 Å². The predicted molar refractivity (Wildman–Crippen MR) is 76.7 cm³/mol. The van der Waals surface area contributed by atoms with Gasteiger partial charge in [-0.3, -0.25) is 0 Å². The zero-order valence-corrected chi connectivity index (χ0v) is 10.5. The zero-order valence-electron chi connectivity index (χ0n) is 10.5. The summed E-state index contributed by atoms with van der Waals surface area (Å²) >= 11 is 0. The van der Waals surface area contributed by atoms with E-state index in [1.165, 1.54) is 18.2 Å². The Hall–Kier alpha value is -3.02. The molecule has 0 aromatic heterocycles. The monoisotopic (exact) mass is 263 g/mol. The van der Waals surface area contributed by atoms with Crippen molar-refractivity contribution in [1.29, 1.82) is 5.26 Å². The molecule has 3 nitrogen and oxygen atoms in total. The Morgan fingerprint density at radius 3 is 2.50 bits per heavy atom. The third kappa shape index (κ3) is 3.74. The third-order valence-electron chi connectivity index (χ3n) is 2.45. The Kier molecular flexibility index (Phi) is 4.55. The van der Waals surface area contributed by atoms with E-state index >= 15 is 0 Å². The number of hydrogen-bond donors (Lipinski definition) is 0. The molecular weight excluding hydrogens is 253 g/mol. The number of nitriles is 1. The van der Waals surface area contributed by atoms with E-state index in [1.807, 2.05) is 24.3 Å². The number of nitrogens with zero attached hydrogens (tertiary/aromatic N) is 3. The van der Waals surface area contributed by atoms with Crippen LogP contribution in [-0.2, 0) is 0 Å². The maximum absolute atomic E-state index is 12.7. The van der Waals surface area contributed by atoms with Crippen LogP contribution in [0.25, 0.3) is 6.08 Å².